The van der Waals surface area contributed by atoms with Gasteiger partial charge in [-0.2, -0.15) is 0 Å². The van der Waals surface area contributed by atoms with Gasteiger partial charge in [-0.15, -0.1) is 0 Å². The molecule has 3 heteroatoms. The number of nitrogens with one attached hydrogen (secondary N) is 1. The van der Waals surface area contributed by atoms with E-state index >= 15 is 0 Å². The van der Waals surface area contributed by atoms with Crippen LogP contribution in [0.1, 0.15) is 26.7 Å². The Morgan fingerprint density at radius 1 is 1.44 bits per heavy atom. The molecule has 0 fully saturated rings. The third-order valence-corrected chi connectivity index (χ3v) is 4.09. The third-order valence-electron chi connectivity index (χ3n) is 3.39. The van der Waals surface area contributed by atoms with Gasteiger partial charge in [-0.05, 0) is 65.7 Å². The van der Waals surface area contributed by atoms with Crippen LogP contribution in [0.3, 0.4) is 0 Å². The normalized spacial score (nSPS) is 23.7. The molecule has 2 unspecified atom stereocenters. The fourth-order valence-corrected chi connectivity index (χ4v) is 3.12. The van der Waals surface area contributed by atoms with Crippen molar-refractivity contribution >= 4 is 21.6 Å². The van der Waals surface area contributed by atoms with Gasteiger partial charge >= 0.3 is 0 Å². The molecule has 18 heavy (non-hydrogen) atoms. The average Bonchev–Trinajstić information content (AvgIpc) is 2.29. The van der Waals surface area contributed by atoms with E-state index in [1.165, 1.54) is 18.1 Å². The Balaban J connectivity index is 1.96. The van der Waals surface area contributed by atoms with E-state index < -0.39 is 0 Å². The number of halogens is 2. The van der Waals surface area contributed by atoms with E-state index in [4.69, 9.17) is 0 Å². The quantitative estimate of drug-likeness (QED) is 0.775. The Morgan fingerprint density at radius 2 is 2.22 bits per heavy atom. The van der Waals surface area contributed by atoms with Crippen LogP contribution in [0, 0.1) is 17.7 Å². The molecule has 1 aromatic rings. The van der Waals surface area contributed by atoms with E-state index in [-0.39, 0.29) is 5.82 Å². The Bertz CT molecular complexity index is 456. The molecule has 2 atom stereocenters. The predicted molar refractivity (Wildman–Crippen MR) is 78.2 cm³/mol. The molecule has 0 saturated heterocycles. The summed E-state index contributed by atoms with van der Waals surface area (Å²) in [6.45, 7) is 5.35. The fraction of sp³-hybridized carbons (Fsp3) is 0.467. The van der Waals surface area contributed by atoms with Crippen molar-refractivity contribution in [3.05, 3.63) is 40.1 Å². The summed E-state index contributed by atoms with van der Waals surface area (Å²) in [4.78, 5) is 0. The second-order valence-electron chi connectivity index (χ2n) is 5.30. The lowest BCUT2D eigenvalue weighted by Gasteiger charge is -2.26. The molecule has 1 aliphatic carbocycles. The monoisotopic (exact) mass is 311 g/mol. The van der Waals surface area contributed by atoms with E-state index in [9.17, 15) is 4.39 Å². The molecule has 0 spiro atoms. The molecule has 1 aromatic carbocycles. The lowest BCUT2D eigenvalue weighted by atomic mass is 9.84. The largest absolute Gasteiger partial charge is 0.384 e. The molecular formula is C15H19BrFN. The molecule has 0 saturated carbocycles. The average molecular weight is 312 g/mol. The number of hydrogen-bond acceptors (Lipinski definition) is 1. The minimum Gasteiger partial charge on any atom is -0.384 e. The first-order valence-electron chi connectivity index (χ1n) is 6.41. The molecule has 1 N–H and O–H groups in total. The van der Waals surface area contributed by atoms with Gasteiger partial charge in [0.05, 0.1) is 5.69 Å². The highest BCUT2D eigenvalue weighted by Gasteiger charge is 2.18. The highest BCUT2D eigenvalue weighted by molar-refractivity contribution is 9.10. The van der Waals surface area contributed by atoms with Crippen LogP contribution in [-0.2, 0) is 0 Å². The number of hydrogen-bond donors (Lipinski definition) is 1. The van der Waals surface area contributed by atoms with E-state index in [2.05, 4.69) is 41.2 Å². The first kappa shape index (κ1) is 13.6. The number of benzene rings is 1. The van der Waals surface area contributed by atoms with Crippen LogP contribution >= 0.6 is 15.9 Å². The van der Waals surface area contributed by atoms with Gasteiger partial charge in [-0.25, -0.2) is 4.39 Å². The summed E-state index contributed by atoms with van der Waals surface area (Å²) in [7, 11) is 0. The summed E-state index contributed by atoms with van der Waals surface area (Å²) >= 11 is 3.44. The minimum atomic E-state index is -0.200. The van der Waals surface area contributed by atoms with Crippen molar-refractivity contribution in [3.63, 3.8) is 0 Å². The first-order chi connectivity index (χ1) is 8.54. The second-order valence-corrected chi connectivity index (χ2v) is 6.16. The van der Waals surface area contributed by atoms with Crippen molar-refractivity contribution in [2.75, 3.05) is 11.9 Å². The summed E-state index contributed by atoms with van der Waals surface area (Å²) < 4.78 is 14.1. The minimum absolute atomic E-state index is 0.200. The third kappa shape index (κ3) is 3.58. The van der Waals surface area contributed by atoms with E-state index in [0.717, 1.165) is 23.1 Å². The molecule has 98 valence electrons. The van der Waals surface area contributed by atoms with Gasteiger partial charge in [0.2, 0.25) is 0 Å². The first-order valence-corrected chi connectivity index (χ1v) is 7.20. The van der Waals surface area contributed by atoms with Crippen LogP contribution in [0.5, 0.6) is 0 Å². The van der Waals surface area contributed by atoms with Crippen molar-refractivity contribution in [3.8, 4) is 0 Å². The maximum absolute atomic E-state index is 13.2. The summed E-state index contributed by atoms with van der Waals surface area (Å²) in [6, 6.07) is 4.75. The number of rotatable bonds is 3. The Kier molecular flexibility index (Phi) is 4.44. The Hall–Kier alpha value is -0.830. The zero-order valence-electron chi connectivity index (χ0n) is 10.8. The van der Waals surface area contributed by atoms with Gasteiger partial charge in [-0.1, -0.05) is 18.6 Å². The van der Waals surface area contributed by atoms with Crippen molar-refractivity contribution in [1.29, 1.82) is 0 Å². The summed E-state index contributed by atoms with van der Waals surface area (Å²) in [6.07, 6.45) is 4.70. The molecule has 0 bridgehead atoms. The topological polar surface area (TPSA) is 12.0 Å². The van der Waals surface area contributed by atoms with E-state index in [1.807, 2.05) is 0 Å². The van der Waals surface area contributed by atoms with Crippen LogP contribution in [-0.4, -0.2) is 6.54 Å². The molecule has 2 rings (SSSR count). The van der Waals surface area contributed by atoms with Gasteiger partial charge in [-0.3, -0.25) is 0 Å². The van der Waals surface area contributed by atoms with Crippen LogP contribution in [0.4, 0.5) is 10.1 Å². The molecule has 0 aliphatic heterocycles. The maximum atomic E-state index is 13.2. The van der Waals surface area contributed by atoms with Crippen molar-refractivity contribution in [2.24, 2.45) is 11.8 Å². The standard InChI is InChI=1S/C15H19BrFN/c1-10-5-11(2)7-12(6-10)9-18-15-8-13(17)3-4-14(15)16/h3-5,8,10,12,18H,6-7,9H2,1-2H3. The highest BCUT2D eigenvalue weighted by Crippen LogP contribution is 2.29. The van der Waals surface area contributed by atoms with Gasteiger partial charge in [0, 0.05) is 11.0 Å². The Labute approximate surface area is 117 Å². The highest BCUT2D eigenvalue weighted by atomic mass is 79.9. The molecular weight excluding hydrogens is 293 g/mol. The number of allylic oxidation sites excluding steroid dienone is 2. The summed E-state index contributed by atoms with van der Waals surface area (Å²) in [5.74, 6) is 1.09. The predicted octanol–water partition coefficient (Wildman–Crippen LogP) is 4.99. The lowest BCUT2D eigenvalue weighted by molar-refractivity contribution is 0.421. The molecule has 1 aliphatic rings. The number of anilines is 1. The second kappa shape index (κ2) is 5.87. The fourth-order valence-electron chi connectivity index (χ4n) is 2.73. The lowest BCUT2D eigenvalue weighted by Crippen LogP contribution is -2.20. The smallest absolute Gasteiger partial charge is 0.125 e. The summed E-state index contributed by atoms with van der Waals surface area (Å²) in [5, 5.41) is 3.35. The summed E-state index contributed by atoms with van der Waals surface area (Å²) in [5.41, 5.74) is 2.31. The van der Waals surface area contributed by atoms with E-state index in [0.29, 0.717) is 11.8 Å². The molecule has 0 heterocycles. The van der Waals surface area contributed by atoms with E-state index in [1.54, 1.807) is 12.1 Å². The molecule has 0 radical (unpaired) electrons. The van der Waals surface area contributed by atoms with Gasteiger partial charge < -0.3 is 5.32 Å². The van der Waals surface area contributed by atoms with Crippen molar-refractivity contribution < 1.29 is 4.39 Å². The molecule has 1 nitrogen and oxygen atoms in total. The molecule has 0 aromatic heterocycles. The van der Waals surface area contributed by atoms with Crippen LogP contribution in [0.25, 0.3) is 0 Å². The Morgan fingerprint density at radius 3 is 2.94 bits per heavy atom. The van der Waals surface area contributed by atoms with Gasteiger partial charge in [0.25, 0.3) is 0 Å². The zero-order chi connectivity index (χ0) is 13.1. The van der Waals surface area contributed by atoms with Gasteiger partial charge in [0.1, 0.15) is 5.82 Å². The van der Waals surface area contributed by atoms with Crippen molar-refractivity contribution in [1.82, 2.24) is 0 Å². The van der Waals surface area contributed by atoms with Crippen LogP contribution in [0.2, 0.25) is 0 Å². The van der Waals surface area contributed by atoms with Gasteiger partial charge in [0.15, 0.2) is 0 Å². The van der Waals surface area contributed by atoms with Crippen molar-refractivity contribution in [2.45, 2.75) is 26.7 Å². The van der Waals surface area contributed by atoms with Crippen LogP contribution < -0.4 is 5.32 Å². The molecule has 0 amide bonds. The zero-order valence-corrected chi connectivity index (χ0v) is 12.4. The SMILES string of the molecule is CC1=CC(C)CC(CNc2cc(F)ccc2Br)C1. The van der Waals surface area contributed by atoms with Crippen LogP contribution in [0.15, 0.2) is 34.3 Å². The maximum Gasteiger partial charge on any atom is 0.125 e.